The summed E-state index contributed by atoms with van der Waals surface area (Å²) in [6.45, 7) is 0.480. The molecule has 0 atom stereocenters. The second-order valence-electron chi connectivity index (χ2n) is 3.02. The molecule has 2 heterocycles. The third-order valence-electron chi connectivity index (χ3n) is 2.08. The number of ether oxygens (including phenoxy) is 2. The lowest BCUT2D eigenvalue weighted by molar-refractivity contribution is -0.0914. The average Bonchev–Trinajstić information content (AvgIpc) is 2.79. The van der Waals surface area contributed by atoms with Gasteiger partial charge in [-0.1, -0.05) is 0 Å². The average molecular weight is 224 g/mol. The minimum Gasteiger partial charge on any atom is -0.364 e. The summed E-state index contributed by atoms with van der Waals surface area (Å²) in [4.78, 5) is 4.01. The Morgan fingerprint density at radius 1 is 1.38 bits per heavy atom. The Morgan fingerprint density at radius 2 is 2.19 bits per heavy atom. The van der Waals surface area contributed by atoms with Gasteiger partial charge in [-0.15, -0.1) is 5.10 Å². The fourth-order valence-electron chi connectivity index (χ4n) is 1.25. The van der Waals surface area contributed by atoms with Crippen LogP contribution >= 0.6 is 0 Å². The van der Waals surface area contributed by atoms with Crippen molar-refractivity contribution in [2.45, 2.75) is 6.29 Å². The molecular weight excluding hydrogens is 212 g/mol. The van der Waals surface area contributed by atoms with Gasteiger partial charge in [0, 0.05) is 14.2 Å². The third kappa shape index (κ3) is 2.07. The van der Waals surface area contributed by atoms with Crippen molar-refractivity contribution in [1.29, 1.82) is 0 Å². The molecule has 86 valence electrons. The van der Waals surface area contributed by atoms with Gasteiger partial charge in [-0.2, -0.15) is 4.52 Å². The predicted octanol–water partition coefficient (Wildman–Crippen LogP) is -0.450. The molecule has 0 aliphatic rings. The normalized spacial score (nSPS) is 11.2. The molecule has 0 radical (unpaired) electrons. The van der Waals surface area contributed by atoms with E-state index in [-0.39, 0.29) is 6.29 Å². The van der Waals surface area contributed by atoms with Gasteiger partial charge in [-0.25, -0.2) is 0 Å². The van der Waals surface area contributed by atoms with Crippen molar-refractivity contribution in [3.05, 3.63) is 12.4 Å². The molecule has 8 nitrogen and oxygen atoms in total. The van der Waals surface area contributed by atoms with Crippen molar-refractivity contribution in [2.24, 2.45) is 0 Å². The van der Waals surface area contributed by atoms with Gasteiger partial charge in [0.2, 0.25) is 0 Å². The number of tetrazole rings is 1. The van der Waals surface area contributed by atoms with Crippen LogP contribution in [0.3, 0.4) is 0 Å². The zero-order chi connectivity index (χ0) is 11.4. The number of fused-ring (bicyclic) bond motifs is 1. The molecule has 8 heteroatoms. The van der Waals surface area contributed by atoms with Crippen molar-refractivity contribution in [3.63, 3.8) is 0 Å². The van der Waals surface area contributed by atoms with Crippen LogP contribution in [-0.4, -0.2) is 52.1 Å². The fraction of sp³-hybridized carbons (Fsp3) is 0.500. The summed E-state index contributed by atoms with van der Waals surface area (Å²) in [7, 11) is 3.15. The molecule has 1 N–H and O–H groups in total. The second kappa shape index (κ2) is 4.81. The molecule has 2 aromatic heterocycles. The van der Waals surface area contributed by atoms with Crippen molar-refractivity contribution < 1.29 is 9.47 Å². The molecule has 16 heavy (non-hydrogen) atoms. The van der Waals surface area contributed by atoms with Gasteiger partial charge in [0.1, 0.15) is 0 Å². The molecule has 0 fully saturated rings. The van der Waals surface area contributed by atoms with Crippen LogP contribution in [0.2, 0.25) is 0 Å². The van der Waals surface area contributed by atoms with E-state index >= 15 is 0 Å². The summed E-state index contributed by atoms with van der Waals surface area (Å²) in [5.74, 6) is 0.682. The van der Waals surface area contributed by atoms with Crippen LogP contribution in [0, 0.1) is 0 Å². The lowest BCUT2D eigenvalue weighted by atomic mass is 10.5. The molecule has 2 rings (SSSR count). The van der Waals surface area contributed by atoms with Gasteiger partial charge in [0.15, 0.2) is 17.8 Å². The summed E-state index contributed by atoms with van der Waals surface area (Å²) < 4.78 is 11.6. The smallest absolute Gasteiger partial charge is 0.199 e. The zero-order valence-corrected chi connectivity index (χ0v) is 8.99. The number of methoxy groups -OCH3 is 2. The van der Waals surface area contributed by atoms with Crippen LogP contribution in [0.4, 0.5) is 5.82 Å². The maximum absolute atomic E-state index is 5.05. The van der Waals surface area contributed by atoms with E-state index in [0.717, 1.165) is 0 Å². The Bertz CT molecular complexity index is 454. The highest BCUT2D eigenvalue weighted by atomic mass is 16.7. The van der Waals surface area contributed by atoms with Crippen LogP contribution in [-0.2, 0) is 9.47 Å². The predicted molar refractivity (Wildman–Crippen MR) is 54.9 cm³/mol. The van der Waals surface area contributed by atoms with Crippen LogP contribution in [0.1, 0.15) is 0 Å². The lowest BCUT2D eigenvalue weighted by Gasteiger charge is -2.14. The summed E-state index contributed by atoms with van der Waals surface area (Å²) in [5.41, 5.74) is 0.580. The molecule has 0 bridgehead atoms. The standard InChI is InChI=1S/C8H12N6O2/c1-15-8(16-2)5-10-6-3-9-4-7-11-12-13-14(6)7/h3-4,8,10H,5H2,1-2H3. The first-order valence-electron chi connectivity index (χ1n) is 4.66. The van der Waals surface area contributed by atoms with Gasteiger partial charge in [-0.3, -0.25) is 4.98 Å². The number of hydrogen-bond donors (Lipinski definition) is 1. The van der Waals surface area contributed by atoms with E-state index in [1.165, 1.54) is 0 Å². The largest absolute Gasteiger partial charge is 0.364 e. The monoisotopic (exact) mass is 224 g/mol. The van der Waals surface area contributed by atoms with Gasteiger partial charge >= 0.3 is 0 Å². The van der Waals surface area contributed by atoms with Crippen LogP contribution in [0.15, 0.2) is 12.4 Å². The third-order valence-corrected chi connectivity index (χ3v) is 2.08. The number of nitrogens with zero attached hydrogens (tertiary/aromatic N) is 5. The van der Waals surface area contributed by atoms with Gasteiger partial charge in [0.05, 0.1) is 18.9 Å². The van der Waals surface area contributed by atoms with Crippen molar-refractivity contribution in [3.8, 4) is 0 Å². The quantitative estimate of drug-likeness (QED) is 0.688. The van der Waals surface area contributed by atoms with Gasteiger partial charge < -0.3 is 14.8 Å². The van der Waals surface area contributed by atoms with E-state index in [9.17, 15) is 0 Å². The van der Waals surface area contributed by atoms with Crippen molar-refractivity contribution in [1.82, 2.24) is 25.0 Å². The molecule has 0 aliphatic carbocycles. The fourth-order valence-corrected chi connectivity index (χ4v) is 1.25. The lowest BCUT2D eigenvalue weighted by Crippen LogP contribution is -2.24. The Hall–Kier alpha value is -1.80. The Morgan fingerprint density at radius 3 is 2.94 bits per heavy atom. The number of rotatable bonds is 5. The molecule has 0 aromatic carbocycles. The Kier molecular flexibility index (Phi) is 3.22. The number of aromatic nitrogens is 5. The van der Waals surface area contributed by atoms with Crippen molar-refractivity contribution >= 4 is 11.5 Å². The minimum atomic E-state index is -0.327. The molecule has 0 aliphatic heterocycles. The maximum Gasteiger partial charge on any atom is 0.199 e. The first kappa shape index (κ1) is 10.7. The summed E-state index contributed by atoms with van der Waals surface area (Å²) in [6, 6.07) is 0. The summed E-state index contributed by atoms with van der Waals surface area (Å²) in [5, 5.41) is 14.2. The van der Waals surface area contributed by atoms with E-state index in [0.29, 0.717) is 18.0 Å². The number of hydrogen-bond acceptors (Lipinski definition) is 7. The highest BCUT2D eigenvalue weighted by Gasteiger charge is 2.07. The topological polar surface area (TPSA) is 86.5 Å². The van der Waals surface area contributed by atoms with Crippen LogP contribution < -0.4 is 5.32 Å². The second-order valence-corrected chi connectivity index (χ2v) is 3.02. The molecule has 0 unspecified atom stereocenters. The zero-order valence-electron chi connectivity index (χ0n) is 8.99. The van der Waals surface area contributed by atoms with Gasteiger partial charge in [-0.05, 0) is 10.4 Å². The van der Waals surface area contributed by atoms with Crippen LogP contribution in [0.25, 0.3) is 5.65 Å². The van der Waals surface area contributed by atoms with Gasteiger partial charge in [0.25, 0.3) is 0 Å². The Balaban J connectivity index is 2.11. The van der Waals surface area contributed by atoms with E-state index in [1.54, 1.807) is 31.1 Å². The molecule has 0 saturated carbocycles. The molecular formula is C8H12N6O2. The molecule has 0 spiro atoms. The van der Waals surface area contributed by atoms with E-state index < -0.39 is 0 Å². The maximum atomic E-state index is 5.05. The summed E-state index contributed by atoms with van der Waals surface area (Å²) in [6.07, 6.45) is 2.88. The van der Waals surface area contributed by atoms with E-state index in [4.69, 9.17) is 9.47 Å². The minimum absolute atomic E-state index is 0.327. The summed E-state index contributed by atoms with van der Waals surface area (Å²) >= 11 is 0. The van der Waals surface area contributed by atoms with Crippen LogP contribution in [0.5, 0.6) is 0 Å². The van der Waals surface area contributed by atoms with E-state index in [2.05, 4.69) is 25.8 Å². The highest BCUT2D eigenvalue weighted by Crippen LogP contribution is 2.06. The number of anilines is 1. The highest BCUT2D eigenvalue weighted by molar-refractivity contribution is 5.43. The van der Waals surface area contributed by atoms with Crippen molar-refractivity contribution in [2.75, 3.05) is 26.1 Å². The molecule has 2 aromatic rings. The van der Waals surface area contributed by atoms with E-state index in [1.807, 2.05) is 0 Å². The first-order chi connectivity index (χ1) is 7.85. The first-order valence-corrected chi connectivity index (χ1v) is 4.66. The molecule has 0 saturated heterocycles. The molecule has 0 amide bonds. The Labute approximate surface area is 91.6 Å². The number of nitrogens with one attached hydrogen (secondary N) is 1. The SMILES string of the molecule is COC(CNc1cncc2nnnn12)OC.